The van der Waals surface area contributed by atoms with Crippen LogP contribution in [-0.2, 0) is 21.7 Å². The molecule has 1 unspecified atom stereocenters. The minimum atomic E-state index is -1.20. The summed E-state index contributed by atoms with van der Waals surface area (Å²) in [6, 6.07) is 19.1. The van der Waals surface area contributed by atoms with Crippen LogP contribution in [-0.4, -0.2) is 29.3 Å². The van der Waals surface area contributed by atoms with Gasteiger partial charge in [0.25, 0.3) is 5.91 Å². The summed E-state index contributed by atoms with van der Waals surface area (Å²) in [5.74, 6) is 0.255. The maximum Gasteiger partial charge on any atom is 0.325 e. The molecule has 0 aliphatic carbocycles. The Balaban J connectivity index is 1.37. The van der Waals surface area contributed by atoms with Gasteiger partial charge in [0.05, 0.1) is 6.54 Å². The lowest BCUT2D eigenvalue weighted by Gasteiger charge is -2.22. The Bertz CT molecular complexity index is 1130. The number of urea groups is 1. The minimum absolute atomic E-state index is 0.131. The SMILES string of the molecule is CC1(c2ccccc2)NC(=O)N(CC(=O)NCc2ccc(-c3ccc(Cl)cc3)o2)C1=O. The highest BCUT2D eigenvalue weighted by atomic mass is 35.5. The van der Waals surface area contributed by atoms with Crippen LogP contribution in [0.5, 0.6) is 0 Å². The maximum absolute atomic E-state index is 12.9. The molecule has 0 saturated carbocycles. The zero-order valence-electron chi connectivity index (χ0n) is 16.7. The highest BCUT2D eigenvalue weighted by Crippen LogP contribution is 2.28. The van der Waals surface area contributed by atoms with Gasteiger partial charge in [0, 0.05) is 10.6 Å². The molecule has 8 heteroatoms. The van der Waals surface area contributed by atoms with Gasteiger partial charge in [-0.2, -0.15) is 0 Å². The Morgan fingerprint density at radius 1 is 1.06 bits per heavy atom. The number of carbonyl (C=O) groups excluding carboxylic acids is 3. The fraction of sp³-hybridized carbons (Fsp3) is 0.174. The van der Waals surface area contributed by atoms with Crippen LogP contribution in [0.15, 0.2) is 71.1 Å². The van der Waals surface area contributed by atoms with Crippen LogP contribution in [0.4, 0.5) is 4.79 Å². The molecular weight excluding hydrogens is 418 g/mol. The van der Waals surface area contributed by atoms with Crippen LogP contribution in [0.25, 0.3) is 11.3 Å². The van der Waals surface area contributed by atoms with Crippen molar-refractivity contribution in [3.8, 4) is 11.3 Å². The molecule has 1 fully saturated rings. The Morgan fingerprint density at radius 3 is 2.48 bits per heavy atom. The third-order valence-corrected chi connectivity index (χ3v) is 5.43. The topological polar surface area (TPSA) is 91.7 Å². The molecule has 4 amide bonds. The Kier molecular flexibility index (Phi) is 5.52. The van der Waals surface area contributed by atoms with Crippen molar-refractivity contribution in [1.82, 2.24) is 15.5 Å². The summed E-state index contributed by atoms with van der Waals surface area (Å²) in [5.41, 5.74) is 0.315. The summed E-state index contributed by atoms with van der Waals surface area (Å²) in [6.45, 7) is 1.38. The molecule has 1 aliphatic rings. The average molecular weight is 438 g/mol. The first kappa shape index (κ1) is 20.7. The van der Waals surface area contributed by atoms with Crippen molar-refractivity contribution >= 4 is 29.4 Å². The van der Waals surface area contributed by atoms with Crippen LogP contribution in [0, 0.1) is 0 Å². The fourth-order valence-corrected chi connectivity index (χ4v) is 3.56. The predicted octanol–water partition coefficient (Wildman–Crippen LogP) is 3.68. The number of nitrogens with zero attached hydrogens (tertiary/aromatic N) is 1. The van der Waals surface area contributed by atoms with Crippen molar-refractivity contribution in [1.29, 1.82) is 0 Å². The average Bonchev–Trinajstić information content (AvgIpc) is 3.33. The Labute approximate surface area is 184 Å². The van der Waals surface area contributed by atoms with Gasteiger partial charge in [-0.15, -0.1) is 0 Å². The highest BCUT2D eigenvalue weighted by molar-refractivity contribution is 6.30. The van der Waals surface area contributed by atoms with E-state index in [2.05, 4.69) is 10.6 Å². The van der Waals surface area contributed by atoms with Gasteiger partial charge in [0.1, 0.15) is 23.6 Å². The van der Waals surface area contributed by atoms with E-state index in [4.69, 9.17) is 16.0 Å². The van der Waals surface area contributed by atoms with E-state index in [1.54, 1.807) is 55.5 Å². The van der Waals surface area contributed by atoms with Gasteiger partial charge in [0.15, 0.2) is 0 Å². The summed E-state index contributed by atoms with van der Waals surface area (Å²) in [5, 5.41) is 5.99. The molecule has 31 heavy (non-hydrogen) atoms. The number of hydrogen-bond donors (Lipinski definition) is 2. The summed E-state index contributed by atoms with van der Waals surface area (Å²) < 4.78 is 5.75. The van der Waals surface area contributed by atoms with Crippen molar-refractivity contribution < 1.29 is 18.8 Å². The molecule has 2 N–H and O–H groups in total. The lowest BCUT2D eigenvalue weighted by atomic mass is 9.92. The molecule has 7 nitrogen and oxygen atoms in total. The van der Waals surface area contributed by atoms with E-state index in [1.165, 1.54) is 0 Å². The van der Waals surface area contributed by atoms with E-state index < -0.39 is 23.4 Å². The molecule has 4 rings (SSSR count). The van der Waals surface area contributed by atoms with Crippen molar-refractivity contribution in [2.45, 2.75) is 19.0 Å². The van der Waals surface area contributed by atoms with Crippen LogP contribution in [0.2, 0.25) is 5.02 Å². The molecular formula is C23H20ClN3O4. The van der Waals surface area contributed by atoms with Crippen molar-refractivity contribution in [3.05, 3.63) is 83.1 Å². The monoisotopic (exact) mass is 437 g/mol. The number of amides is 4. The number of benzene rings is 2. The van der Waals surface area contributed by atoms with E-state index in [0.29, 0.717) is 22.1 Å². The molecule has 0 radical (unpaired) electrons. The molecule has 2 heterocycles. The second kappa shape index (κ2) is 8.28. The molecule has 0 spiro atoms. The van der Waals surface area contributed by atoms with Gasteiger partial charge in [-0.05, 0) is 48.9 Å². The van der Waals surface area contributed by atoms with E-state index in [9.17, 15) is 14.4 Å². The second-order valence-corrected chi connectivity index (χ2v) is 7.80. The molecule has 2 aromatic carbocycles. The van der Waals surface area contributed by atoms with Gasteiger partial charge in [-0.3, -0.25) is 14.5 Å². The standard InChI is InChI=1S/C23H20ClN3O4/c1-23(16-5-3-2-4-6-16)21(29)27(22(30)26-23)14-20(28)25-13-18-11-12-19(31-18)15-7-9-17(24)10-8-15/h2-12H,13-14H2,1H3,(H,25,28)(H,26,30). The van der Waals surface area contributed by atoms with E-state index in [1.807, 2.05) is 18.2 Å². The largest absolute Gasteiger partial charge is 0.459 e. The molecule has 0 bridgehead atoms. The normalized spacial score (nSPS) is 18.2. The number of nitrogens with one attached hydrogen (secondary N) is 2. The van der Waals surface area contributed by atoms with Crippen molar-refractivity contribution in [3.63, 3.8) is 0 Å². The van der Waals surface area contributed by atoms with Gasteiger partial charge in [0.2, 0.25) is 5.91 Å². The van der Waals surface area contributed by atoms with Crippen molar-refractivity contribution in [2.75, 3.05) is 6.54 Å². The van der Waals surface area contributed by atoms with Gasteiger partial charge < -0.3 is 15.1 Å². The van der Waals surface area contributed by atoms with Gasteiger partial charge >= 0.3 is 6.03 Å². The Morgan fingerprint density at radius 2 is 1.77 bits per heavy atom. The molecule has 1 atom stereocenters. The summed E-state index contributed by atoms with van der Waals surface area (Å²) in [4.78, 5) is 38.5. The van der Waals surface area contributed by atoms with E-state index in [0.717, 1.165) is 10.5 Å². The second-order valence-electron chi connectivity index (χ2n) is 7.36. The maximum atomic E-state index is 12.9. The number of furan rings is 1. The van der Waals surface area contributed by atoms with Crippen LogP contribution >= 0.6 is 11.6 Å². The molecule has 1 aliphatic heterocycles. The van der Waals surface area contributed by atoms with Crippen LogP contribution < -0.4 is 10.6 Å². The highest BCUT2D eigenvalue weighted by Gasteiger charge is 2.49. The third kappa shape index (κ3) is 4.18. The zero-order valence-corrected chi connectivity index (χ0v) is 17.5. The number of halogens is 1. The third-order valence-electron chi connectivity index (χ3n) is 5.18. The molecule has 158 valence electrons. The molecule has 1 aromatic heterocycles. The van der Waals surface area contributed by atoms with Crippen LogP contribution in [0.3, 0.4) is 0 Å². The van der Waals surface area contributed by atoms with Gasteiger partial charge in [-0.1, -0.05) is 41.9 Å². The molecule has 1 saturated heterocycles. The minimum Gasteiger partial charge on any atom is -0.459 e. The summed E-state index contributed by atoms with van der Waals surface area (Å²) in [7, 11) is 0. The number of hydrogen-bond acceptors (Lipinski definition) is 4. The quantitative estimate of drug-likeness (QED) is 0.575. The van der Waals surface area contributed by atoms with Gasteiger partial charge in [-0.25, -0.2) is 4.79 Å². The number of rotatable bonds is 6. The smallest absolute Gasteiger partial charge is 0.325 e. The summed E-state index contributed by atoms with van der Waals surface area (Å²) in [6.07, 6.45) is 0. The predicted molar refractivity (Wildman–Crippen MR) is 115 cm³/mol. The lowest BCUT2D eigenvalue weighted by Crippen LogP contribution is -2.43. The lowest BCUT2D eigenvalue weighted by molar-refractivity contribution is -0.134. The summed E-state index contributed by atoms with van der Waals surface area (Å²) >= 11 is 5.90. The van der Waals surface area contributed by atoms with Crippen LogP contribution in [0.1, 0.15) is 18.2 Å². The fourth-order valence-electron chi connectivity index (χ4n) is 3.44. The first-order chi connectivity index (χ1) is 14.9. The molecule has 3 aromatic rings. The first-order valence-electron chi connectivity index (χ1n) is 9.68. The van der Waals surface area contributed by atoms with Crippen molar-refractivity contribution in [2.24, 2.45) is 0 Å². The Hall–Kier alpha value is -3.58. The number of carbonyl (C=O) groups is 3. The first-order valence-corrected chi connectivity index (χ1v) is 10.1. The number of imide groups is 1. The zero-order chi connectivity index (χ0) is 22.0. The van der Waals surface area contributed by atoms with E-state index >= 15 is 0 Å². The van der Waals surface area contributed by atoms with E-state index in [-0.39, 0.29) is 13.1 Å².